The number of nitrogens with zero attached hydrogens (tertiary/aromatic N) is 3. The fourth-order valence-electron chi connectivity index (χ4n) is 2.40. The van der Waals surface area contributed by atoms with Crippen LogP contribution in [0.25, 0.3) is 0 Å². The monoisotopic (exact) mass is 355 g/mol. The number of hydrogen-bond donors (Lipinski definition) is 3. The van der Waals surface area contributed by atoms with E-state index in [-0.39, 0.29) is 17.4 Å². The molecule has 3 rings (SSSR count). The molecular weight excluding hydrogens is 338 g/mol. The topological polar surface area (TPSA) is 107 Å². The molecule has 0 amide bonds. The minimum Gasteiger partial charge on any atom is -0.504 e. The number of rotatable bonds is 6. The first-order chi connectivity index (χ1) is 12.1. The number of aryl methyl sites for hydroxylation is 1. The molecule has 1 atom stereocenters. The van der Waals surface area contributed by atoms with Crippen LogP contribution in [-0.2, 0) is 0 Å². The highest BCUT2D eigenvalue weighted by Gasteiger charge is 2.18. The van der Waals surface area contributed by atoms with Gasteiger partial charge in [0.15, 0.2) is 17.4 Å². The molecule has 2 aromatic heterocycles. The number of aromatic nitrogens is 2. The largest absolute Gasteiger partial charge is 0.504 e. The number of nitrogens with one attached hydrogen (secondary N) is 2. The van der Waals surface area contributed by atoms with Gasteiger partial charge in [0.1, 0.15) is 11.8 Å². The van der Waals surface area contributed by atoms with Crippen molar-refractivity contribution in [2.45, 2.75) is 26.3 Å². The van der Waals surface area contributed by atoms with Crippen LogP contribution in [-0.4, -0.2) is 13.9 Å². The van der Waals surface area contributed by atoms with E-state index in [2.05, 4.69) is 19.4 Å². The first kappa shape index (κ1) is 16.8. The van der Waals surface area contributed by atoms with Crippen molar-refractivity contribution in [2.75, 3.05) is 10.6 Å². The number of furan rings is 1. The van der Waals surface area contributed by atoms with Crippen molar-refractivity contribution in [1.29, 1.82) is 5.26 Å². The van der Waals surface area contributed by atoms with E-state index in [0.29, 0.717) is 17.3 Å². The number of hydrogen-bond acceptors (Lipinski definition) is 8. The van der Waals surface area contributed by atoms with Crippen molar-refractivity contribution in [1.82, 2.24) is 8.75 Å². The second kappa shape index (κ2) is 7.23. The van der Waals surface area contributed by atoms with E-state index in [1.54, 1.807) is 24.5 Å². The Bertz CT molecular complexity index is 912. The second-order valence-electron chi connectivity index (χ2n) is 5.53. The predicted molar refractivity (Wildman–Crippen MR) is 96.1 cm³/mol. The summed E-state index contributed by atoms with van der Waals surface area (Å²) in [4.78, 5) is 0. The van der Waals surface area contributed by atoms with E-state index in [9.17, 15) is 5.11 Å². The van der Waals surface area contributed by atoms with Gasteiger partial charge in [0, 0.05) is 0 Å². The van der Waals surface area contributed by atoms with Crippen LogP contribution in [0.5, 0.6) is 5.75 Å². The van der Waals surface area contributed by atoms with Crippen LogP contribution in [0.15, 0.2) is 34.9 Å². The number of nitriles is 1. The zero-order valence-electron chi connectivity index (χ0n) is 13.8. The Morgan fingerprint density at radius 1 is 1.36 bits per heavy atom. The summed E-state index contributed by atoms with van der Waals surface area (Å²) in [5.74, 6) is 1.76. The fraction of sp³-hybridized carbons (Fsp3) is 0.235. The van der Waals surface area contributed by atoms with Gasteiger partial charge in [0.05, 0.1) is 35.3 Å². The molecule has 1 aromatic carbocycles. The van der Waals surface area contributed by atoms with Crippen LogP contribution in [0.4, 0.5) is 17.3 Å². The Hall–Kier alpha value is -3.05. The highest BCUT2D eigenvalue weighted by Crippen LogP contribution is 2.33. The van der Waals surface area contributed by atoms with Crippen LogP contribution in [0.3, 0.4) is 0 Å². The summed E-state index contributed by atoms with van der Waals surface area (Å²) >= 11 is 1.05. The van der Waals surface area contributed by atoms with E-state index in [0.717, 1.165) is 29.5 Å². The Morgan fingerprint density at radius 2 is 2.16 bits per heavy atom. The number of para-hydroxylation sites is 1. The van der Waals surface area contributed by atoms with E-state index in [4.69, 9.17) is 9.68 Å². The van der Waals surface area contributed by atoms with Crippen LogP contribution in [0, 0.1) is 18.3 Å². The lowest BCUT2D eigenvalue weighted by Crippen LogP contribution is -2.10. The van der Waals surface area contributed by atoms with Gasteiger partial charge >= 0.3 is 0 Å². The van der Waals surface area contributed by atoms with E-state index >= 15 is 0 Å². The van der Waals surface area contributed by atoms with E-state index in [1.807, 2.05) is 26.0 Å². The lowest BCUT2D eigenvalue weighted by Gasteiger charge is -2.15. The molecule has 0 saturated carbocycles. The molecule has 0 radical (unpaired) electrons. The van der Waals surface area contributed by atoms with Gasteiger partial charge in [-0.3, -0.25) is 0 Å². The third kappa shape index (κ3) is 3.56. The molecule has 0 aliphatic carbocycles. The Balaban J connectivity index is 1.82. The average Bonchev–Trinajstić information content (AvgIpc) is 3.23. The smallest absolute Gasteiger partial charge is 0.188 e. The summed E-state index contributed by atoms with van der Waals surface area (Å²) in [7, 11) is 0. The second-order valence-corrected chi connectivity index (χ2v) is 6.06. The quantitative estimate of drug-likeness (QED) is 0.565. The Morgan fingerprint density at radius 3 is 2.84 bits per heavy atom. The molecule has 0 spiro atoms. The molecule has 128 valence electrons. The molecule has 8 heteroatoms. The van der Waals surface area contributed by atoms with Crippen LogP contribution in [0.1, 0.15) is 36.3 Å². The van der Waals surface area contributed by atoms with Gasteiger partial charge in [-0.15, -0.1) is 0 Å². The molecule has 0 saturated heterocycles. The Kier molecular flexibility index (Phi) is 4.86. The number of benzene rings is 1. The minimum absolute atomic E-state index is 0.0443. The first-order valence-electron chi connectivity index (χ1n) is 7.75. The number of phenolic OH excluding ortho intramolecular Hbond substituents is 1. The van der Waals surface area contributed by atoms with Gasteiger partial charge in [0.25, 0.3) is 0 Å². The summed E-state index contributed by atoms with van der Waals surface area (Å²) in [5.41, 5.74) is 1.65. The first-order valence-corrected chi connectivity index (χ1v) is 8.48. The van der Waals surface area contributed by atoms with Crippen LogP contribution in [0.2, 0.25) is 0 Å². The van der Waals surface area contributed by atoms with Crippen molar-refractivity contribution in [3.8, 4) is 11.8 Å². The van der Waals surface area contributed by atoms with Crippen molar-refractivity contribution >= 4 is 29.1 Å². The van der Waals surface area contributed by atoms with Crippen molar-refractivity contribution in [3.63, 3.8) is 0 Å². The predicted octanol–water partition coefficient (Wildman–Crippen LogP) is 4.32. The maximum atomic E-state index is 10.1. The molecule has 7 nitrogen and oxygen atoms in total. The molecule has 3 aromatic rings. The van der Waals surface area contributed by atoms with Crippen LogP contribution < -0.4 is 10.6 Å². The third-order valence-electron chi connectivity index (χ3n) is 3.71. The molecule has 0 aliphatic rings. The molecule has 0 fully saturated rings. The van der Waals surface area contributed by atoms with Crippen molar-refractivity contribution in [3.05, 3.63) is 47.4 Å². The van der Waals surface area contributed by atoms with Gasteiger partial charge < -0.3 is 20.2 Å². The van der Waals surface area contributed by atoms with Crippen LogP contribution >= 0.6 is 11.7 Å². The maximum absolute atomic E-state index is 10.1. The van der Waals surface area contributed by atoms with Gasteiger partial charge in [-0.2, -0.15) is 14.0 Å². The lowest BCUT2D eigenvalue weighted by atomic mass is 10.1. The van der Waals surface area contributed by atoms with Gasteiger partial charge in [-0.05, 0) is 37.1 Å². The number of phenols is 1. The number of anilines is 3. The van der Waals surface area contributed by atoms with Gasteiger partial charge in [-0.25, -0.2) is 0 Å². The molecule has 0 bridgehead atoms. The van der Waals surface area contributed by atoms with Crippen molar-refractivity contribution < 1.29 is 9.52 Å². The average molecular weight is 355 g/mol. The summed E-state index contributed by atoms with van der Waals surface area (Å²) in [6.45, 7) is 4.02. The fourth-order valence-corrected chi connectivity index (χ4v) is 2.88. The highest BCUT2D eigenvalue weighted by molar-refractivity contribution is 6.99. The van der Waals surface area contributed by atoms with E-state index < -0.39 is 0 Å². The Labute approximate surface area is 149 Å². The zero-order valence-corrected chi connectivity index (χ0v) is 14.6. The molecule has 0 aliphatic heterocycles. The van der Waals surface area contributed by atoms with Gasteiger partial charge in [0.2, 0.25) is 0 Å². The summed E-state index contributed by atoms with van der Waals surface area (Å²) in [5, 5.41) is 25.5. The standard InChI is InChI=1S/C17H17N5O2S/c1-3-12(14-7-10(2)9-24-14)19-16-17(22-25-21-16)20-13-6-4-5-11(8-18)15(13)23/h4-7,9,12,23H,3H2,1-2H3,(H,19,21)(H,20,22)/t12-/m1/s1. The lowest BCUT2D eigenvalue weighted by molar-refractivity contribution is 0.472. The normalized spacial score (nSPS) is 11.7. The molecule has 3 N–H and O–H groups in total. The SMILES string of the molecule is CC[C@@H](Nc1nsnc1Nc1cccc(C#N)c1O)c1cc(C)co1. The third-order valence-corrected chi connectivity index (χ3v) is 4.24. The number of aromatic hydroxyl groups is 1. The van der Waals surface area contributed by atoms with Gasteiger partial charge in [-0.1, -0.05) is 13.0 Å². The molecule has 25 heavy (non-hydrogen) atoms. The van der Waals surface area contributed by atoms with Crippen molar-refractivity contribution in [2.24, 2.45) is 0 Å². The molecule has 0 unspecified atom stereocenters. The maximum Gasteiger partial charge on any atom is 0.188 e. The zero-order chi connectivity index (χ0) is 17.8. The summed E-state index contributed by atoms with van der Waals surface area (Å²) in [6.07, 6.45) is 2.52. The molecule has 2 heterocycles. The minimum atomic E-state index is -0.113. The summed E-state index contributed by atoms with van der Waals surface area (Å²) in [6, 6.07) is 8.79. The summed E-state index contributed by atoms with van der Waals surface area (Å²) < 4.78 is 14.1. The van der Waals surface area contributed by atoms with E-state index in [1.165, 1.54) is 0 Å². The highest BCUT2D eigenvalue weighted by atomic mass is 32.1. The molecular formula is C17H17N5O2S.